The molecular formula is C24H25BrN2O2. The number of carbonyl (C=O) groups excluding carboxylic acids is 1. The molecule has 4 nitrogen and oxygen atoms in total. The molecule has 0 spiro atoms. The molecular weight excluding hydrogens is 428 g/mol. The molecule has 0 saturated heterocycles. The number of benzene rings is 2. The molecule has 1 saturated carbocycles. The molecule has 2 aromatic rings. The molecule has 0 unspecified atom stereocenters. The van der Waals surface area contributed by atoms with E-state index in [2.05, 4.69) is 34.2 Å². The summed E-state index contributed by atoms with van der Waals surface area (Å²) in [7, 11) is 0. The van der Waals surface area contributed by atoms with Crippen LogP contribution in [0.25, 0.3) is 6.08 Å². The van der Waals surface area contributed by atoms with Gasteiger partial charge in [-0.3, -0.25) is 4.79 Å². The Bertz CT molecular complexity index is 915. The van der Waals surface area contributed by atoms with Crippen LogP contribution in [0.15, 0.2) is 58.6 Å². The van der Waals surface area contributed by atoms with Crippen molar-refractivity contribution < 1.29 is 9.53 Å². The van der Waals surface area contributed by atoms with E-state index >= 15 is 0 Å². The second-order valence-corrected chi connectivity index (χ2v) is 8.38. The zero-order valence-corrected chi connectivity index (χ0v) is 18.1. The summed E-state index contributed by atoms with van der Waals surface area (Å²) in [6.45, 7) is 2.57. The van der Waals surface area contributed by atoms with Gasteiger partial charge in [0, 0.05) is 16.1 Å². The van der Waals surface area contributed by atoms with Crippen molar-refractivity contribution in [3.63, 3.8) is 0 Å². The first-order valence-electron chi connectivity index (χ1n) is 9.95. The minimum absolute atomic E-state index is 0.0995. The fourth-order valence-corrected chi connectivity index (χ4v) is 3.82. The van der Waals surface area contributed by atoms with E-state index in [0.29, 0.717) is 23.8 Å². The minimum atomic E-state index is -0.311. The van der Waals surface area contributed by atoms with Gasteiger partial charge in [-0.05, 0) is 48.6 Å². The zero-order valence-electron chi connectivity index (χ0n) is 16.5. The molecule has 2 aromatic carbocycles. The number of amides is 1. The summed E-state index contributed by atoms with van der Waals surface area (Å²) < 4.78 is 6.97. The van der Waals surface area contributed by atoms with Crippen molar-refractivity contribution in [3.8, 4) is 11.8 Å². The number of para-hydroxylation sites is 1. The summed E-state index contributed by atoms with van der Waals surface area (Å²) >= 11 is 3.42. The van der Waals surface area contributed by atoms with Crippen LogP contribution in [0.5, 0.6) is 5.75 Å². The Morgan fingerprint density at radius 1 is 1.21 bits per heavy atom. The van der Waals surface area contributed by atoms with Crippen molar-refractivity contribution in [1.29, 1.82) is 5.26 Å². The highest BCUT2D eigenvalue weighted by atomic mass is 79.9. The highest BCUT2D eigenvalue weighted by Gasteiger charge is 2.24. The molecule has 1 N–H and O–H groups in total. The van der Waals surface area contributed by atoms with E-state index in [0.717, 1.165) is 29.3 Å². The summed E-state index contributed by atoms with van der Waals surface area (Å²) in [6.07, 6.45) is 6.02. The van der Waals surface area contributed by atoms with E-state index < -0.39 is 0 Å². The molecule has 0 aromatic heterocycles. The van der Waals surface area contributed by atoms with E-state index in [1.807, 2.05) is 48.5 Å². The number of halogens is 1. The Morgan fingerprint density at radius 2 is 1.93 bits per heavy atom. The lowest BCUT2D eigenvalue weighted by molar-refractivity contribution is -0.118. The van der Waals surface area contributed by atoms with E-state index in [1.54, 1.807) is 6.08 Å². The third-order valence-electron chi connectivity index (χ3n) is 5.32. The molecule has 3 rings (SSSR count). The predicted molar refractivity (Wildman–Crippen MR) is 118 cm³/mol. The molecule has 2 atom stereocenters. The van der Waals surface area contributed by atoms with Gasteiger partial charge in [0.05, 0.1) is 0 Å². The first kappa shape index (κ1) is 21.1. The van der Waals surface area contributed by atoms with E-state index in [9.17, 15) is 10.1 Å². The molecule has 1 amide bonds. The van der Waals surface area contributed by atoms with Crippen LogP contribution in [-0.2, 0) is 11.4 Å². The van der Waals surface area contributed by atoms with Crippen LogP contribution in [0.1, 0.15) is 43.7 Å². The van der Waals surface area contributed by atoms with Crippen LogP contribution in [0.3, 0.4) is 0 Å². The highest BCUT2D eigenvalue weighted by Crippen LogP contribution is 2.25. The van der Waals surface area contributed by atoms with Crippen molar-refractivity contribution in [2.24, 2.45) is 5.92 Å². The number of nitriles is 1. The molecule has 150 valence electrons. The average molecular weight is 453 g/mol. The Kier molecular flexibility index (Phi) is 7.48. The average Bonchev–Trinajstić information content (AvgIpc) is 2.74. The van der Waals surface area contributed by atoms with Gasteiger partial charge in [0.1, 0.15) is 24.0 Å². The lowest BCUT2D eigenvalue weighted by Crippen LogP contribution is -2.41. The molecule has 1 aliphatic carbocycles. The standard InChI is InChI=1S/C24H25BrN2O2/c1-17-6-2-4-8-22(17)27-24(28)20(15-26)14-19-7-3-5-9-23(19)29-16-18-10-12-21(25)13-11-18/h3,5,7,9-14,17,22H,2,4,6,8,16H2,1H3,(H,27,28)/b20-14+/t17-,22+/m0/s1. The maximum atomic E-state index is 12.7. The van der Waals surface area contributed by atoms with E-state index in [1.165, 1.54) is 6.42 Å². The van der Waals surface area contributed by atoms with Gasteiger partial charge in [-0.25, -0.2) is 0 Å². The number of ether oxygens (including phenoxy) is 1. The minimum Gasteiger partial charge on any atom is -0.488 e. The SMILES string of the molecule is C[C@H]1CCCC[C@H]1NC(=O)/C(C#N)=C/c1ccccc1OCc1ccc(Br)cc1. The summed E-state index contributed by atoms with van der Waals surface area (Å²) in [5, 5.41) is 12.6. The van der Waals surface area contributed by atoms with Crippen molar-refractivity contribution in [3.05, 3.63) is 69.7 Å². The second kappa shape index (κ2) is 10.3. The molecule has 1 fully saturated rings. The molecule has 5 heteroatoms. The molecule has 0 heterocycles. The van der Waals surface area contributed by atoms with Crippen LogP contribution in [0, 0.1) is 17.2 Å². The lowest BCUT2D eigenvalue weighted by Gasteiger charge is -2.29. The van der Waals surface area contributed by atoms with Gasteiger partial charge in [-0.2, -0.15) is 5.26 Å². The maximum Gasteiger partial charge on any atom is 0.262 e. The van der Waals surface area contributed by atoms with Crippen molar-refractivity contribution in [2.45, 2.75) is 45.3 Å². The van der Waals surface area contributed by atoms with Crippen LogP contribution in [0.4, 0.5) is 0 Å². The summed E-state index contributed by atoms with van der Waals surface area (Å²) in [5.74, 6) is 0.769. The monoisotopic (exact) mass is 452 g/mol. The third kappa shape index (κ3) is 5.95. The topological polar surface area (TPSA) is 62.1 Å². The molecule has 29 heavy (non-hydrogen) atoms. The van der Waals surface area contributed by atoms with Gasteiger partial charge in [-0.15, -0.1) is 0 Å². The number of rotatable bonds is 6. The van der Waals surface area contributed by atoms with Crippen LogP contribution < -0.4 is 10.1 Å². The maximum absolute atomic E-state index is 12.7. The van der Waals surface area contributed by atoms with E-state index in [4.69, 9.17) is 4.74 Å². The first-order valence-corrected chi connectivity index (χ1v) is 10.7. The number of hydrogen-bond acceptors (Lipinski definition) is 3. The molecule has 0 aliphatic heterocycles. The first-order chi connectivity index (χ1) is 14.1. The number of nitrogens with one attached hydrogen (secondary N) is 1. The normalized spacial score (nSPS) is 19.3. The van der Waals surface area contributed by atoms with Gasteiger partial charge >= 0.3 is 0 Å². The van der Waals surface area contributed by atoms with Gasteiger partial charge < -0.3 is 10.1 Å². The van der Waals surface area contributed by atoms with Crippen LogP contribution >= 0.6 is 15.9 Å². The zero-order chi connectivity index (χ0) is 20.6. The summed E-state index contributed by atoms with van der Waals surface area (Å²) in [6, 6.07) is 17.5. The molecule has 1 aliphatic rings. The second-order valence-electron chi connectivity index (χ2n) is 7.46. The van der Waals surface area contributed by atoms with Gasteiger partial charge in [0.2, 0.25) is 0 Å². The Hall–Kier alpha value is -2.58. The van der Waals surface area contributed by atoms with Gasteiger partial charge in [-0.1, -0.05) is 66.0 Å². The van der Waals surface area contributed by atoms with Crippen molar-refractivity contribution in [1.82, 2.24) is 5.32 Å². The van der Waals surface area contributed by atoms with E-state index in [-0.39, 0.29) is 17.5 Å². The Balaban J connectivity index is 1.72. The predicted octanol–water partition coefficient (Wildman–Crippen LogP) is 5.63. The molecule has 0 bridgehead atoms. The number of hydrogen-bond donors (Lipinski definition) is 1. The lowest BCUT2D eigenvalue weighted by atomic mass is 9.86. The smallest absolute Gasteiger partial charge is 0.262 e. The van der Waals surface area contributed by atoms with Crippen molar-refractivity contribution in [2.75, 3.05) is 0 Å². The quantitative estimate of drug-likeness (QED) is 0.456. The molecule has 0 radical (unpaired) electrons. The number of carbonyl (C=O) groups is 1. The summed E-state index contributed by atoms with van der Waals surface area (Å²) in [4.78, 5) is 12.7. The fraction of sp³-hybridized carbons (Fsp3) is 0.333. The van der Waals surface area contributed by atoms with Crippen LogP contribution in [-0.4, -0.2) is 11.9 Å². The van der Waals surface area contributed by atoms with Crippen molar-refractivity contribution >= 4 is 27.9 Å². The van der Waals surface area contributed by atoms with Gasteiger partial charge in [0.15, 0.2) is 0 Å². The largest absolute Gasteiger partial charge is 0.488 e. The Labute approximate surface area is 180 Å². The third-order valence-corrected chi connectivity index (χ3v) is 5.85. The van der Waals surface area contributed by atoms with Gasteiger partial charge in [0.25, 0.3) is 5.91 Å². The van der Waals surface area contributed by atoms with Crippen LogP contribution in [0.2, 0.25) is 0 Å². The highest BCUT2D eigenvalue weighted by molar-refractivity contribution is 9.10. The Morgan fingerprint density at radius 3 is 2.66 bits per heavy atom. The summed E-state index contributed by atoms with van der Waals surface area (Å²) in [5.41, 5.74) is 1.85. The number of nitrogens with zero attached hydrogens (tertiary/aromatic N) is 1. The fourth-order valence-electron chi connectivity index (χ4n) is 3.55.